The van der Waals surface area contributed by atoms with Crippen LogP contribution in [-0.2, 0) is 11.4 Å². The Morgan fingerprint density at radius 1 is 1.20 bits per heavy atom. The number of carbonyl (C=O) groups is 1. The van der Waals surface area contributed by atoms with E-state index in [9.17, 15) is 9.18 Å². The minimum absolute atomic E-state index is 0.0926. The van der Waals surface area contributed by atoms with E-state index in [2.05, 4.69) is 10.6 Å². The van der Waals surface area contributed by atoms with Gasteiger partial charge in [-0.2, -0.15) is 0 Å². The second-order valence-electron chi connectivity index (χ2n) is 6.00. The summed E-state index contributed by atoms with van der Waals surface area (Å²) in [6.07, 6.45) is 1.57. The highest BCUT2D eigenvalue weighted by molar-refractivity contribution is 5.82. The zero-order chi connectivity index (χ0) is 17.6. The molecule has 0 spiro atoms. The van der Waals surface area contributed by atoms with Crippen LogP contribution in [0.15, 0.2) is 48.5 Å². The van der Waals surface area contributed by atoms with Crippen molar-refractivity contribution < 1.29 is 19.0 Å². The van der Waals surface area contributed by atoms with Crippen LogP contribution in [0.5, 0.6) is 5.75 Å². The van der Waals surface area contributed by atoms with Gasteiger partial charge in [-0.25, -0.2) is 4.39 Å². The molecule has 1 aliphatic rings. The Morgan fingerprint density at radius 2 is 1.96 bits per heavy atom. The summed E-state index contributed by atoms with van der Waals surface area (Å²) in [5.74, 6) is 0.205. The van der Waals surface area contributed by atoms with Crippen LogP contribution in [0.2, 0.25) is 0 Å². The van der Waals surface area contributed by atoms with Crippen LogP contribution in [0.3, 0.4) is 0 Å². The van der Waals surface area contributed by atoms with Crippen LogP contribution in [0.4, 0.5) is 4.39 Å². The molecule has 25 heavy (non-hydrogen) atoms. The molecule has 2 aromatic rings. The molecule has 1 aliphatic heterocycles. The number of ether oxygens (including phenoxy) is 1. The monoisotopic (exact) mass is 344 g/mol. The zero-order valence-corrected chi connectivity index (χ0v) is 13.7. The lowest BCUT2D eigenvalue weighted by Gasteiger charge is -2.15. The first-order valence-corrected chi connectivity index (χ1v) is 8.28. The normalized spacial score (nSPS) is 19.6. The molecule has 3 rings (SSSR count). The molecule has 5 nitrogen and oxygen atoms in total. The lowest BCUT2D eigenvalue weighted by molar-refractivity contribution is -0.123. The average Bonchev–Trinajstić information content (AvgIpc) is 3.12. The topological polar surface area (TPSA) is 70.6 Å². The van der Waals surface area contributed by atoms with Gasteiger partial charge in [0.15, 0.2) is 0 Å². The van der Waals surface area contributed by atoms with E-state index < -0.39 is 0 Å². The predicted octanol–water partition coefficient (Wildman–Crippen LogP) is 2.26. The third-order valence-corrected chi connectivity index (χ3v) is 4.35. The predicted molar refractivity (Wildman–Crippen MR) is 91.3 cm³/mol. The van der Waals surface area contributed by atoms with Gasteiger partial charge in [-0.15, -0.1) is 0 Å². The molecule has 1 heterocycles. The maximum absolute atomic E-state index is 13.6. The number of benzene rings is 2. The number of carbonyl (C=O) groups excluding carboxylic acids is 1. The molecule has 2 atom stereocenters. The molecule has 0 aliphatic carbocycles. The Bertz CT molecular complexity index is 721. The minimum atomic E-state index is -0.351. The fourth-order valence-electron chi connectivity index (χ4n) is 2.99. The molecule has 0 aromatic heterocycles. The first-order chi connectivity index (χ1) is 12.2. The molecule has 3 N–H and O–H groups in total. The third-order valence-electron chi connectivity index (χ3n) is 4.35. The van der Waals surface area contributed by atoms with Crippen molar-refractivity contribution in [3.05, 3.63) is 65.5 Å². The van der Waals surface area contributed by atoms with Gasteiger partial charge in [0.1, 0.15) is 24.9 Å². The number of halogens is 1. The van der Waals surface area contributed by atoms with Crippen LogP contribution in [0.25, 0.3) is 0 Å². The van der Waals surface area contributed by atoms with Crippen molar-refractivity contribution >= 4 is 5.91 Å². The number of hydrogen-bond donors (Lipinski definition) is 3. The molecule has 0 unspecified atom stereocenters. The molecule has 2 aromatic carbocycles. The van der Waals surface area contributed by atoms with Crippen LogP contribution in [-0.4, -0.2) is 23.8 Å². The lowest BCUT2D eigenvalue weighted by atomic mass is 10.1. The molecule has 132 valence electrons. The Morgan fingerprint density at radius 3 is 2.68 bits per heavy atom. The smallest absolute Gasteiger partial charge is 0.238 e. The maximum Gasteiger partial charge on any atom is 0.238 e. The first kappa shape index (κ1) is 17.4. The number of nitrogens with one attached hydrogen (secondary N) is 2. The Kier molecular flexibility index (Phi) is 5.63. The van der Waals surface area contributed by atoms with Crippen molar-refractivity contribution in [3.63, 3.8) is 0 Å². The highest BCUT2D eigenvalue weighted by atomic mass is 19.1. The highest BCUT2D eigenvalue weighted by Crippen LogP contribution is 2.28. The van der Waals surface area contributed by atoms with Gasteiger partial charge in [0, 0.05) is 11.6 Å². The number of aliphatic hydroxyl groups excluding tert-OH is 1. The molecular weight excluding hydrogens is 323 g/mol. The second kappa shape index (κ2) is 8.09. The molecule has 1 saturated heterocycles. The largest absolute Gasteiger partial charge is 0.489 e. The molecule has 6 heteroatoms. The zero-order valence-electron chi connectivity index (χ0n) is 13.7. The van der Waals surface area contributed by atoms with Gasteiger partial charge in [-0.05, 0) is 36.6 Å². The third kappa shape index (κ3) is 4.35. The number of rotatable bonds is 6. The fourth-order valence-corrected chi connectivity index (χ4v) is 2.99. The summed E-state index contributed by atoms with van der Waals surface area (Å²) in [5, 5.41) is 14.4. The van der Waals surface area contributed by atoms with Gasteiger partial charge in [-0.1, -0.05) is 30.3 Å². The van der Waals surface area contributed by atoms with Crippen LogP contribution in [0, 0.1) is 5.82 Å². The van der Waals surface area contributed by atoms with E-state index in [0.717, 1.165) is 18.4 Å². The molecular formula is C19H21FN2O3. The number of aliphatic hydroxyl groups is 1. The summed E-state index contributed by atoms with van der Waals surface area (Å²) in [4.78, 5) is 11.7. The Balaban J connectivity index is 1.56. The molecule has 1 fully saturated rings. The standard InChI is InChI=1S/C19H21FN2O3/c20-16-4-2-1-3-14(16)11-25-15-7-5-13(6-8-15)17-9-10-18(22-17)19(24)21-12-23/h1-8,17-18,22-23H,9-12H2,(H,21,24)/t17-,18+/m1/s1. The van der Waals surface area contributed by atoms with Gasteiger partial charge in [-0.3, -0.25) is 10.1 Å². The molecule has 1 amide bonds. The second-order valence-corrected chi connectivity index (χ2v) is 6.00. The highest BCUT2D eigenvalue weighted by Gasteiger charge is 2.29. The quantitative estimate of drug-likeness (QED) is 0.703. The van der Waals surface area contributed by atoms with E-state index in [-0.39, 0.29) is 37.1 Å². The summed E-state index contributed by atoms with van der Waals surface area (Å²) in [6.45, 7) is -0.174. The summed E-state index contributed by atoms with van der Waals surface area (Å²) < 4.78 is 19.2. The van der Waals surface area contributed by atoms with Gasteiger partial charge in [0.25, 0.3) is 0 Å². The SMILES string of the molecule is O=C(NCO)[C@@H]1CC[C@H](c2ccc(OCc3ccccc3F)cc2)N1. The van der Waals surface area contributed by atoms with Gasteiger partial charge in [0.2, 0.25) is 5.91 Å². The van der Waals surface area contributed by atoms with E-state index >= 15 is 0 Å². The van der Waals surface area contributed by atoms with E-state index in [1.165, 1.54) is 6.07 Å². The van der Waals surface area contributed by atoms with E-state index in [4.69, 9.17) is 9.84 Å². The number of amides is 1. The molecule has 0 saturated carbocycles. The van der Waals surface area contributed by atoms with E-state index in [0.29, 0.717) is 11.3 Å². The van der Waals surface area contributed by atoms with Crippen LogP contribution < -0.4 is 15.4 Å². The van der Waals surface area contributed by atoms with Gasteiger partial charge < -0.3 is 15.2 Å². The van der Waals surface area contributed by atoms with Crippen LogP contribution in [0.1, 0.15) is 30.0 Å². The first-order valence-electron chi connectivity index (χ1n) is 8.28. The van der Waals surface area contributed by atoms with Gasteiger partial charge >= 0.3 is 0 Å². The van der Waals surface area contributed by atoms with Crippen molar-refractivity contribution in [3.8, 4) is 5.75 Å². The van der Waals surface area contributed by atoms with E-state index in [1.54, 1.807) is 18.2 Å². The Labute approximate surface area is 145 Å². The van der Waals surface area contributed by atoms with E-state index in [1.807, 2.05) is 24.3 Å². The lowest BCUT2D eigenvalue weighted by Crippen LogP contribution is -2.41. The summed E-state index contributed by atoms with van der Waals surface area (Å²) in [6, 6.07) is 13.9. The van der Waals surface area contributed by atoms with Gasteiger partial charge in [0.05, 0.1) is 6.04 Å². The average molecular weight is 344 g/mol. The molecule has 0 radical (unpaired) electrons. The minimum Gasteiger partial charge on any atom is -0.489 e. The van der Waals surface area contributed by atoms with Crippen LogP contribution >= 0.6 is 0 Å². The van der Waals surface area contributed by atoms with Crippen molar-refractivity contribution in [2.24, 2.45) is 0 Å². The van der Waals surface area contributed by atoms with Crippen molar-refractivity contribution in [2.75, 3.05) is 6.73 Å². The summed E-state index contributed by atoms with van der Waals surface area (Å²) >= 11 is 0. The summed E-state index contributed by atoms with van der Waals surface area (Å²) in [5.41, 5.74) is 1.58. The van der Waals surface area contributed by atoms with Crippen molar-refractivity contribution in [1.82, 2.24) is 10.6 Å². The summed E-state index contributed by atoms with van der Waals surface area (Å²) in [7, 11) is 0. The van der Waals surface area contributed by atoms with Crippen molar-refractivity contribution in [1.29, 1.82) is 0 Å². The number of hydrogen-bond acceptors (Lipinski definition) is 4. The molecule has 0 bridgehead atoms. The Hall–Kier alpha value is -2.44. The fraction of sp³-hybridized carbons (Fsp3) is 0.316. The maximum atomic E-state index is 13.6. The van der Waals surface area contributed by atoms with Crippen molar-refractivity contribution in [2.45, 2.75) is 31.5 Å².